The maximum Gasteiger partial charge on any atom is 1.00 e. The molecule has 1 aromatic carbocycles. The minimum Gasteiger partial charge on any atom is -0.423 e. The number of hydrogen-bond acceptors (Lipinski definition) is 3. The monoisotopic (exact) mass is 256 g/mol. The summed E-state index contributed by atoms with van der Waals surface area (Å²) >= 11 is 0. The average Bonchev–Trinajstić information content (AvgIpc) is 2.02. The van der Waals surface area contributed by atoms with Crippen LogP contribution in [0.4, 0.5) is 5.69 Å². The second-order valence-corrected chi connectivity index (χ2v) is 3.00. The fourth-order valence-electron chi connectivity index (χ4n) is 1.34. The van der Waals surface area contributed by atoms with Crippen LogP contribution in [0.15, 0.2) is 33.5 Å². The molecular formula is C10H11BrNO2+. The van der Waals surface area contributed by atoms with E-state index in [9.17, 15) is 4.79 Å². The fourth-order valence-corrected chi connectivity index (χ4v) is 1.34. The van der Waals surface area contributed by atoms with Gasteiger partial charge in [-0.2, -0.15) is 0 Å². The Labute approximate surface area is 92.8 Å². The Morgan fingerprint density at radius 3 is 2.79 bits per heavy atom. The van der Waals surface area contributed by atoms with E-state index in [2.05, 4.69) is 0 Å². The van der Waals surface area contributed by atoms with Gasteiger partial charge in [0.1, 0.15) is 5.58 Å². The van der Waals surface area contributed by atoms with Crippen LogP contribution in [0.25, 0.3) is 11.0 Å². The Hall–Kier alpha value is -1.29. The zero-order chi connectivity index (χ0) is 9.42. The summed E-state index contributed by atoms with van der Waals surface area (Å²) in [5.41, 5.74) is 7.28. The van der Waals surface area contributed by atoms with Gasteiger partial charge in [0.2, 0.25) is 0 Å². The predicted octanol–water partition coefficient (Wildman–Crippen LogP) is 2.37. The molecule has 0 saturated heterocycles. The minimum atomic E-state index is -0.337. The number of benzene rings is 1. The van der Waals surface area contributed by atoms with Gasteiger partial charge >= 0.3 is 7.05 Å². The highest BCUT2D eigenvalue weighted by Crippen LogP contribution is 2.18. The molecule has 0 saturated carbocycles. The highest BCUT2D eigenvalue weighted by molar-refractivity contribution is 8.93. The largest absolute Gasteiger partial charge is 1.00 e. The van der Waals surface area contributed by atoms with Crippen LogP contribution in [0.1, 0.15) is 6.99 Å². The summed E-state index contributed by atoms with van der Waals surface area (Å²) in [5.74, 6) is 0. The van der Waals surface area contributed by atoms with Gasteiger partial charge in [0.15, 0.2) is 0 Å². The number of nitrogen functional groups attached to an aromatic ring is 1. The molecule has 0 amide bonds. The van der Waals surface area contributed by atoms with Crippen molar-refractivity contribution in [3.63, 3.8) is 0 Å². The fraction of sp³-hybridized carbons (Fsp3) is 0.100. The van der Waals surface area contributed by atoms with E-state index in [0.29, 0.717) is 11.3 Å². The third kappa shape index (κ3) is 1.80. The van der Waals surface area contributed by atoms with Crippen molar-refractivity contribution in [1.29, 1.82) is 0 Å². The van der Waals surface area contributed by atoms with E-state index in [0.717, 1.165) is 10.9 Å². The van der Waals surface area contributed by atoms with Crippen LogP contribution in [0.2, 0.25) is 0 Å². The SMILES string of the molecule is Br.Cc1cc(=O)oc2cc(N)ccc12.[H+]. The molecule has 4 heteroatoms. The maximum absolute atomic E-state index is 11.0. The van der Waals surface area contributed by atoms with Crippen molar-refractivity contribution >= 4 is 33.6 Å². The molecule has 2 aromatic rings. The lowest BCUT2D eigenvalue weighted by Gasteiger charge is -2.00. The third-order valence-corrected chi connectivity index (χ3v) is 1.98. The summed E-state index contributed by atoms with van der Waals surface area (Å²) in [6.45, 7) is 1.87. The van der Waals surface area contributed by atoms with Crippen LogP contribution >= 0.6 is 17.0 Å². The van der Waals surface area contributed by atoms with Gasteiger partial charge in [-0.15, -0.1) is 17.0 Å². The van der Waals surface area contributed by atoms with Crippen LogP contribution in [0.5, 0.6) is 0 Å². The lowest BCUT2D eigenvalue weighted by atomic mass is 10.1. The topological polar surface area (TPSA) is 56.2 Å². The standard InChI is InChI=1S/C10H9NO2.BrH/c1-6-4-10(12)13-9-5-7(11)2-3-8(6)9;/h2-5H,11H2,1H3;1H/p+1. The lowest BCUT2D eigenvalue weighted by Crippen LogP contribution is -1.98. The predicted molar refractivity (Wildman–Crippen MR) is 63.1 cm³/mol. The van der Waals surface area contributed by atoms with Gasteiger partial charge in [-0.1, -0.05) is 0 Å². The molecule has 1 aromatic heterocycles. The Bertz CT molecular complexity index is 524. The zero-order valence-corrected chi connectivity index (χ0v) is 9.32. The first-order valence-corrected chi connectivity index (χ1v) is 3.97. The van der Waals surface area contributed by atoms with Crippen molar-refractivity contribution in [2.75, 3.05) is 5.73 Å². The summed E-state index contributed by atoms with van der Waals surface area (Å²) < 4.78 is 4.99. The Kier molecular flexibility index (Phi) is 2.96. The minimum absolute atomic E-state index is 0. The molecule has 1 heterocycles. The number of nitrogens with two attached hydrogens (primary N) is 1. The van der Waals surface area contributed by atoms with Crippen molar-refractivity contribution in [2.24, 2.45) is 0 Å². The summed E-state index contributed by atoms with van der Waals surface area (Å²) in [6, 6.07) is 6.76. The molecule has 0 fully saturated rings. The molecule has 0 radical (unpaired) electrons. The van der Waals surface area contributed by atoms with Crippen LogP contribution in [0, 0.1) is 6.92 Å². The van der Waals surface area contributed by atoms with Crippen molar-refractivity contribution < 1.29 is 5.84 Å². The maximum atomic E-state index is 11.0. The molecule has 0 aliphatic carbocycles. The molecule has 0 spiro atoms. The van der Waals surface area contributed by atoms with Gasteiger partial charge < -0.3 is 10.2 Å². The average molecular weight is 257 g/mol. The van der Waals surface area contributed by atoms with Crippen LogP contribution < -0.4 is 11.4 Å². The first-order chi connectivity index (χ1) is 6.16. The van der Waals surface area contributed by atoms with Crippen molar-refractivity contribution in [3.8, 4) is 0 Å². The molecule has 3 nitrogen and oxygen atoms in total. The van der Waals surface area contributed by atoms with Crippen LogP contribution in [-0.2, 0) is 0 Å². The number of aryl methyl sites for hydroxylation is 1. The molecule has 0 bridgehead atoms. The molecule has 0 aliphatic rings. The third-order valence-electron chi connectivity index (χ3n) is 1.98. The molecule has 0 aliphatic heterocycles. The van der Waals surface area contributed by atoms with Crippen LogP contribution in [0.3, 0.4) is 0 Å². The Morgan fingerprint density at radius 2 is 2.07 bits per heavy atom. The van der Waals surface area contributed by atoms with E-state index < -0.39 is 0 Å². The molecule has 74 valence electrons. The quantitative estimate of drug-likeness (QED) is 0.582. The highest BCUT2D eigenvalue weighted by atomic mass is 79.9. The summed E-state index contributed by atoms with van der Waals surface area (Å²) in [6.07, 6.45) is 0. The van der Waals surface area contributed by atoms with Gasteiger partial charge in [0, 0.05) is 23.2 Å². The molecule has 2 rings (SSSR count). The molecule has 2 N–H and O–H groups in total. The van der Waals surface area contributed by atoms with Crippen molar-refractivity contribution in [2.45, 2.75) is 6.92 Å². The van der Waals surface area contributed by atoms with Gasteiger partial charge in [-0.25, -0.2) is 4.79 Å². The number of anilines is 1. The van der Waals surface area contributed by atoms with Gasteiger partial charge in [0.05, 0.1) is 0 Å². The molecular weight excluding hydrogens is 246 g/mol. The van der Waals surface area contributed by atoms with E-state index in [1.807, 2.05) is 13.0 Å². The smallest absolute Gasteiger partial charge is 0.423 e. The van der Waals surface area contributed by atoms with E-state index in [-0.39, 0.29) is 24.0 Å². The van der Waals surface area contributed by atoms with E-state index in [1.54, 1.807) is 12.1 Å². The zero-order valence-electron chi connectivity index (χ0n) is 8.61. The van der Waals surface area contributed by atoms with Gasteiger partial charge in [-0.3, -0.25) is 0 Å². The lowest BCUT2D eigenvalue weighted by molar-refractivity contribution is 0.560. The Balaban J connectivity index is 0.000000980. The summed E-state index contributed by atoms with van der Waals surface area (Å²) in [7, 11) is 0. The van der Waals surface area contributed by atoms with E-state index >= 15 is 0 Å². The molecule has 0 atom stereocenters. The normalized spacial score (nSPS) is 9.79. The van der Waals surface area contributed by atoms with E-state index in [4.69, 9.17) is 10.2 Å². The molecule has 14 heavy (non-hydrogen) atoms. The van der Waals surface area contributed by atoms with Gasteiger partial charge in [0.25, 0.3) is 0 Å². The van der Waals surface area contributed by atoms with E-state index in [1.165, 1.54) is 6.07 Å². The van der Waals surface area contributed by atoms with Crippen molar-refractivity contribution in [1.82, 2.24) is 0 Å². The number of halogens is 1. The summed E-state index contributed by atoms with van der Waals surface area (Å²) in [4.78, 5) is 11.0. The first-order valence-electron chi connectivity index (χ1n) is 3.97. The molecule has 0 unspecified atom stereocenters. The van der Waals surface area contributed by atoms with Crippen LogP contribution in [-0.4, -0.2) is 0 Å². The second-order valence-electron chi connectivity index (χ2n) is 3.00. The first kappa shape index (κ1) is 10.8. The van der Waals surface area contributed by atoms with Gasteiger partial charge in [-0.05, 0) is 24.6 Å². The highest BCUT2D eigenvalue weighted by Gasteiger charge is 2.00. The number of fused-ring (bicyclic) bond motifs is 1. The number of rotatable bonds is 0. The number of hydrogen-bond donors (Lipinski definition) is 1. The second kappa shape index (κ2) is 3.84. The van der Waals surface area contributed by atoms with Crippen molar-refractivity contribution in [3.05, 3.63) is 40.2 Å². The Morgan fingerprint density at radius 1 is 1.36 bits per heavy atom. The summed E-state index contributed by atoms with van der Waals surface area (Å²) in [5, 5.41) is 0.925.